The number of halogens is 4. The number of carbonyl (C=O) groups excluding carboxylic acids is 1. The zero-order chi connectivity index (χ0) is 19.1. The van der Waals surface area contributed by atoms with E-state index in [9.17, 15) is 18.0 Å². The lowest BCUT2D eigenvalue weighted by Crippen LogP contribution is -2.33. The van der Waals surface area contributed by atoms with Crippen molar-refractivity contribution in [3.63, 3.8) is 0 Å². The third-order valence-corrected chi connectivity index (χ3v) is 4.66. The van der Waals surface area contributed by atoms with E-state index in [1.807, 2.05) is 0 Å². The number of fused-ring (bicyclic) bond motifs is 1. The van der Waals surface area contributed by atoms with Crippen molar-refractivity contribution in [1.82, 2.24) is 0 Å². The fourth-order valence-corrected chi connectivity index (χ4v) is 3.59. The highest BCUT2D eigenvalue weighted by molar-refractivity contribution is 6.33. The Labute approximate surface area is 152 Å². The molecule has 0 fully saturated rings. The van der Waals surface area contributed by atoms with Crippen LogP contribution in [0.15, 0.2) is 36.4 Å². The van der Waals surface area contributed by atoms with Gasteiger partial charge in [0, 0.05) is 16.3 Å². The van der Waals surface area contributed by atoms with E-state index in [2.05, 4.69) is 10.1 Å². The first-order valence-corrected chi connectivity index (χ1v) is 8.05. The van der Waals surface area contributed by atoms with Gasteiger partial charge in [-0.2, -0.15) is 0 Å². The summed E-state index contributed by atoms with van der Waals surface area (Å²) in [6.45, 7) is 1.69. The number of hydrogen-bond donors (Lipinski definition) is 1. The highest BCUT2D eigenvalue weighted by Crippen LogP contribution is 2.45. The van der Waals surface area contributed by atoms with Gasteiger partial charge < -0.3 is 14.8 Å². The molecule has 1 heterocycles. The van der Waals surface area contributed by atoms with Crippen LogP contribution in [0.1, 0.15) is 18.1 Å². The van der Waals surface area contributed by atoms with Crippen LogP contribution < -0.4 is 14.8 Å². The lowest BCUT2D eigenvalue weighted by Gasteiger charge is -2.24. The molecule has 1 aliphatic heterocycles. The van der Waals surface area contributed by atoms with Crippen LogP contribution in [-0.2, 0) is 16.6 Å². The molecule has 0 saturated carbocycles. The van der Waals surface area contributed by atoms with Crippen LogP contribution in [0, 0.1) is 0 Å². The first-order chi connectivity index (χ1) is 12.1. The number of alkyl halides is 3. The number of anilines is 1. The van der Waals surface area contributed by atoms with Crippen molar-refractivity contribution in [3.05, 3.63) is 52.5 Å². The molecule has 0 aromatic heterocycles. The second-order valence-electron chi connectivity index (χ2n) is 6.15. The zero-order valence-electron chi connectivity index (χ0n) is 13.9. The van der Waals surface area contributed by atoms with E-state index in [-0.39, 0.29) is 18.1 Å². The molecule has 1 N–H and O–H groups in total. The summed E-state index contributed by atoms with van der Waals surface area (Å²) in [7, 11) is 1.40. The van der Waals surface area contributed by atoms with E-state index in [1.54, 1.807) is 25.1 Å². The smallest absolute Gasteiger partial charge is 0.496 e. The second-order valence-corrected chi connectivity index (χ2v) is 6.55. The third-order valence-electron chi connectivity index (χ3n) is 4.34. The van der Waals surface area contributed by atoms with E-state index in [0.29, 0.717) is 27.6 Å². The predicted octanol–water partition coefficient (Wildman–Crippen LogP) is 4.70. The van der Waals surface area contributed by atoms with Gasteiger partial charge >= 0.3 is 6.36 Å². The topological polar surface area (TPSA) is 47.6 Å². The molecule has 0 bridgehead atoms. The molecule has 0 saturated heterocycles. The van der Waals surface area contributed by atoms with Crippen molar-refractivity contribution in [1.29, 1.82) is 0 Å². The van der Waals surface area contributed by atoms with E-state index < -0.39 is 11.8 Å². The summed E-state index contributed by atoms with van der Waals surface area (Å²) >= 11 is 6.28. The number of ether oxygens (including phenoxy) is 2. The molecule has 1 aliphatic rings. The third kappa shape index (κ3) is 3.31. The van der Waals surface area contributed by atoms with Gasteiger partial charge in [0.1, 0.15) is 11.5 Å². The quantitative estimate of drug-likeness (QED) is 0.829. The average molecular weight is 386 g/mol. The molecule has 2 aromatic carbocycles. The van der Waals surface area contributed by atoms with E-state index in [1.165, 1.54) is 19.2 Å². The van der Waals surface area contributed by atoms with Crippen molar-refractivity contribution < 1.29 is 27.4 Å². The van der Waals surface area contributed by atoms with Crippen LogP contribution in [0.4, 0.5) is 18.9 Å². The normalized spacial score (nSPS) is 19.1. The minimum absolute atomic E-state index is 0.0911. The molecule has 138 valence electrons. The molecule has 4 nitrogen and oxygen atoms in total. The fraction of sp³-hybridized carbons (Fsp3) is 0.278. The van der Waals surface area contributed by atoms with Gasteiger partial charge in [-0.1, -0.05) is 17.7 Å². The van der Waals surface area contributed by atoms with Crippen LogP contribution in [0.5, 0.6) is 11.5 Å². The summed E-state index contributed by atoms with van der Waals surface area (Å²) in [5.41, 5.74) is 0.542. The monoisotopic (exact) mass is 385 g/mol. The number of nitrogens with one attached hydrogen (secondary N) is 1. The van der Waals surface area contributed by atoms with Gasteiger partial charge in [0.15, 0.2) is 0 Å². The Hall–Kier alpha value is -2.41. The molecule has 0 radical (unpaired) electrons. The average Bonchev–Trinajstić information content (AvgIpc) is 2.78. The maximum Gasteiger partial charge on any atom is 0.573 e. The van der Waals surface area contributed by atoms with E-state index >= 15 is 0 Å². The maximum absolute atomic E-state index is 12.6. The first kappa shape index (κ1) is 18.4. The number of amides is 1. The fourth-order valence-electron chi connectivity index (χ4n) is 3.20. The molecule has 3 rings (SSSR count). The lowest BCUT2D eigenvalue weighted by molar-refractivity contribution is -0.274. The van der Waals surface area contributed by atoms with E-state index in [4.69, 9.17) is 16.3 Å². The molecular weight excluding hydrogens is 371 g/mol. The highest BCUT2D eigenvalue weighted by atomic mass is 35.5. The minimum Gasteiger partial charge on any atom is -0.496 e. The molecular formula is C18H15ClF3NO3. The van der Waals surface area contributed by atoms with Gasteiger partial charge in [-0.05, 0) is 49.2 Å². The predicted molar refractivity (Wildman–Crippen MR) is 90.8 cm³/mol. The Balaban J connectivity index is 2.03. The summed E-state index contributed by atoms with van der Waals surface area (Å²) in [6.07, 6.45) is -4.72. The minimum atomic E-state index is -4.81. The van der Waals surface area contributed by atoms with Crippen molar-refractivity contribution in [2.45, 2.75) is 25.1 Å². The Bertz CT molecular complexity index is 869. The summed E-state index contributed by atoms with van der Waals surface area (Å²) in [5.74, 6) is -0.312. The summed E-state index contributed by atoms with van der Waals surface area (Å²) < 4.78 is 46.8. The van der Waals surface area contributed by atoms with Gasteiger partial charge in [-0.25, -0.2) is 0 Å². The Morgan fingerprint density at radius 3 is 2.62 bits per heavy atom. The van der Waals surface area contributed by atoms with Gasteiger partial charge in [0.2, 0.25) is 5.91 Å². The Kier molecular flexibility index (Phi) is 4.52. The van der Waals surface area contributed by atoms with Crippen molar-refractivity contribution in [2.24, 2.45) is 0 Å². The van der Waals surface area contributed by atoms with E-state index in [0.717, 1.165) is 6.07 Å². The maximum atomic E-state index is 12.6. The van der Waals surface area contributed by atoms with Crippen LogP contribution in [0.2, 0.25) is 5.02 Å². The molecule has 2 aromatic rings. The summed E-state index contributed by atoms with van der Waals surface area (Å²) in [5, 5.41) is 3.17. The second kappa shape index (κ2) is 6.39. The standard InChI is InChI=1S/C18H15ClF3NO3/c1-17(15-12(19)4-3-5-13(15)23-16(17)24)9-10-8-11(26-18(20,21)22)6-7-14(10)25-2/h3-8H,9H2,1-2H3,(H,23,24). The highest BCUT2D eigenvalue weighted by Gasteiger charge is 2.44. The van der Waals surface area contributed by atoms with Gasteiger partial charge in [-0.3, -0.25) is 4.79 Å². The SMILES string of the molecule is COc1ccc(OC(F)(F)F)cc1CC1(C)C(=O)Nc2cccc(Cl)c21. The number of benzene rings is 2. The van der Waals surface area contributed by atoms with Crippen LogP contribution in [0.25, 0.3) is 0 Å². The summed E-state index contributed by atoms with van der Waals surface area (Å²) in [6, 6.07) is 8.86. The van der Waals surface area contributed by atoms with Crippen LogP contribution in [-0.4, -0.2) is 19.4 Å². The Morgan fingerprint density at radius 2 is 1.96 bits per heavy atom. The van der Waals surface area contributed by atoms with Crippen molar-refractivity contribution in [2.75, 3.05) is 12.4 Å². The molecule has 1 atom stereocenters. The molecule has 0 spiro atoms. The molecule has 8 heteroatoms. The van der Waals surface area contributed by atoms with Crippen molar-refractivity contribution in [3.8, 4) is 11.5 Å². The lowest BCUT2D eigenvalue weighted by atomic mass is 9.78. The number of methoxy groups -OCH3 is 1. The van der Waals surface area contributed by atoms with Gasteiger partial charge in [-0.15, -0.1) is 13.2 Å². The number of carbonyl (C=O) groups is 1. The molecule has 1 amide bonds. The molecule has 0 aliphatic carbocycles. The Morgan fingerprint density at radius 1 is 1.23 bits per heavy atom. The van der Waals surface area contributed by atoms with Gasteiger partial charge in [0.05, 0.1) is 12.5 Å². The van der Waals surface area contributed by atoms with Crippen molar-refractivity contribution >= 4 is 23.2 Å². The first-order valence-electron chi connectivity index (χ1n) is 7.67. The summed E-state index contributed by atoms with van der Waals surface area (Å²) in [4.78, 5) is 12.6. The van der Waals surface area contributed by atoms with Crippen LogP contribution in [0.3, 0.4) is 0 Å². The largest absolute Gasteiger partial charge is 0.573 e. The van der Waals surface area contributed by atoms with Crippen LogP contribution >= 0.6 is 11.6 Å². The zero-order valence-corrected chi connectivity index (χ0v) is 14.7. The number of rotatable bonds is 4. The van der Waals surface area contributed by atoms with Gasteiger partial charge in [0.25, 0.3) is 0 Å². The molecule has 1 unspecified atom stereocenters. The number of hydrogen-bond acceptors (Lipinski definition) is 3. The molecule has 26 heavy (non-hydrogen) atoms.